The van der Waals surface area contributed by atoms with Gasteiger partial charge in [0.15, 0.2) is 3.95 Å². The summed E-state index contributed by atoms with van der Waals surface area (Å²) in [6.07, 6.45) is 5.53. The van der Waals surface area contributed by atoms with E-state index < -0.39 is 0 Å². The van der Waals surface area contributed by atoms with Gasteiger partial charge in [-0.15, -0.1) is 11.3 Å². The van der Waals surface area contributed by atoms with E-state index in [0.29, 0.717) is 26.3 Å². The van der Waals surface area contributed by atoms with Crippen molar-refractivity contribution in [3.05, 3.63) is 49.2 Å². The number of benzene rings is 1. The largest absolute Gasteiger partial charge is 0.493 e. The first-order valence-electron chi connectivity index (χ1n) is 8.07. The molecule has 2 aliphatic rings. The maximum absolute atomic E-state index is 12.2. The lowest BCUT2D eigenvalue weighted by Crippen LogP contribution is -2.29. The molecule has 3 heterocycles. The molecule has 1 saturated heterocycles. The zero-order valence-electron chi connectivity index (χ0n) is 13.3. The number of carbonyl (C=O) groups excluding carboxylic acids is 1. The number of ether oxygens (including phenoxy) is 1. The van der Waals surface area contributed by atoms with Gasteiger partial charge in [-0.2, -0.15) is 0 Å². The van der Waals surface area contributed by atoms with E-state index in [-0.39, 0.29) is 17.9 Å². The third-order valence-corrected chi connectivity index (χ3v) is 5.69. The fourth-order valence-corrected chi connectivity index (χ4v) is 4.30. The molecular weight excluding hydrogens is 356 g/mol. The van der Waals surface area contributed by atoms with Crippen LogP contribution in [0.5, 0.6) is 5.88 Å². The van der Waals surface area contributed by atoms with Crippen molar-refractivity contribution in [1.29, 1.82) is 0 Å². The normalized spacial score (nSPS) is 21.0. The number of fused-ring (bicyclic) bond motifs is 1. The van der Waals surface area contributed by atoms with Crippen molar-refractivity contribution in [2.45, 2.75) is 25.5 Å². The van der Waals surface area contributed by atoms with E-state index in [2.05, 4.69) is 4.99 Å². The number of nitrogens with zero attached hydrogens (tertiary/aromatic N) is 2. The Hall–Kier alpha value is -2.09. The Bertz CT molecular complexity index is 1040. The Morgan fingerprint density at radius 3 is 3.08 bits per heavy atom. The van der Waals surface area contributed by atoms with E-state index in [9.17, 15) is 9.90 Å². The van der Waals surface area contributed by atoms with E-state index in [1.54, 1.807) is 22.8 Å². The summed E-state index contributed by atoms with van der Waals surface area (Å²) in [5.74, 6) is -0.235. The van der Waals surface area contributed by atoms with Crippen LogP contribution in [0.15, 0.2) is 34.8 Å². The number of aromatic hydroxyl groups is 1. The topological polar surface area (TPSA) is 63.8 Å². The van der Waals surface area contributed by atoms with E-state index in [0.717, 1.165) is 24.7 Å². The van der Waals surface area contributed by atoms with E-state index >= 15 is 0 Å². The fourth-order valence-electron chi connectivity index (χ4n) is 3.02. The molecule has 1 aromatic heterocycles. The van der Waals surface area contributed by atoms with Gasteiger partial charge in [0.1, 0.15) is 0 Å². The number of thiazole rings is 1. The van der Waals surface area contributed by atoms with Gasteiger partial charge in [0.25, 0.3) is 5.91 Å². The van der Waals surface area contributed by atoms with Crippen molar-refractivity contribution in [2.24, 2.45) is 4.99 Å². The molecule has 128 valence electrons. The molecule has 1 amide bonds. The van der Waals surface area contributed by atoms with Crippen LogP contribution in [0.2, 0.25) is 0 Å². The standard InChI is InChI=1S/C18H16N2O3S2/c21-16-12(8-11-4-1-2-6-14(11)19-16)9-15-17(22)20(18(24)25-15)10-13-5-3-7-23-13/h1-2,4,6,8-9,13,22H,3,5,7,10H2/t13-/m0/s1. The summed E-state index contributed by atoms with van der Waals surface area (Å²) in [6, 6.07) is 7.46. The Kier molecular flexibility index (Phi) is 4.37. The number of carbonyl (C=O) groups is 1. The first-order valence-corrected chi connectivity index (χ1v) is 9.30. The van der Waals surface area contributed by atoms with Crippen molar-refractivity contribution < 1.29 is 14.6 Å². The minimum absolute atomic E-state index is 0.0810. The van der Waals surface area contributed by atoms with Crippen molar-refractivity contribution in [3.8, 4) is 5.88 Å². The minimum Gasteiger partial charge on any atom is -0.493 e. The molecule has 0 unspecified atom stereocenters. The number of hydrogen-bond acceptors (Lipinski definition) is 5. The molecule has 5 nitrogen and oxygen atoms in total. The smallest absolute Gasteiger partial charge is 0.277 e. The van der Waals surface area contributed by atoms with Crippen LogP contribution in [-0.2, 0) is 16.1 Å². The van der Waals surface area contributed by atoms with Gasteiger partial charge in [0.2, 0.25) is 5.88 Å². The fraction of sp³-hybridized carbons (Fsp3) is 0.278. The highest BCUT2D eigenvalue weighted by Gasteiger charge is 2.20. The number of aromatic nitrogens is 1. The zero-order valence-corrected chi connectivity index (χ0v) is 15.0. The van der Waals surface area contributed by atoms with E-state index in [1.165, 1.54) is 11.3 Å². The molecule has 7 heteroatoms. The SMILES string of the molecule is O=C1N=c2ccccc2=CC1=Cc1sc(=S)n(C[C@@H]2CCCO2)c1O. The maximum atomic E-state index is 12.2. The quantitative estimate of drug-likeness (QED) is 0.663. The van der Waals surface area contributed by atoms with Crippen LogP contribution in [0, 0.1) is 3.95 Å². The second-order valence-electron chi connectivity index (χ2n) is 6.02. The summed E-state index contributed by atoms with van der Waals surface area (Å²) in [5.41, 5.74) is 0.439. The van der Waals surface area contributed by atoms with Gasteiger partial charge < -0.3 is 9.84 Å². The van der Waals surface area contributed by atoms with Crippen LogP contribution in [-0.4, -0.2) is 28.3 Å². The van der Waals surface area contributed by atoms with Crippen molar-refractivity contribution in [3.63, 3.8) is 0 Å². The maximum Gasteiger partial charge on any atom is 0.277 e. The van der Waals surface area contributed by atoms with Crippen LogP contribution in [0.25, 0.3) is 12.2 Å². The first kappa shape index (κ1) is 16.4. The molecule has 4 rings (SSSR count). The number of hydrogen-bond donors (Lipinski definition) is 1. The molecule has 1 fully saturated rings. The Morgan fingerprint density at radius 2 is 2.28 bits per heavy atom. The van der Waals surface area contributed by atoms with Crippen LogP contribution in [0.3, 0.4) is 0 Å². The van der Waals surface area contributed by atoms with Crippen molar-refractivity contribution in [1.82, 2.24) is 4.57 Å². The van der Waals surface area contributed by atoms with Crippen LogP contribution in [0.4, 0.5) is 0 Å². The Balaban J connectivity index is 1.71. The Morgan fingerprint density at radius 1 is 1.44 bits per heavy atom. The zero-order chi connectivity index (χ0) is 17.4. The number of para-hydroxylation sites is 1. The second-order valence-corrected chi connectivity index (χ2v) is 7.70. The van der Waals surface area contributed by atoms with Gasteiger partial charge in [-0.3, -0.25) is 9.36 Å². The molecule has 1 atom stereocenters. The van der Waals surface area contributed by atoms with Gasteiger partial charge in [-0.1, -0.05) is 18.2 Å². The van der Waals surface area contributed by atoms with Gasteiger partial charge in [0.05, 0.1) is 22.9 Å². The first-order chi connectivity index (χ1) is 12.1. The molecule has 2 aliphatic heterocycles. The predicted molar refractivity (Wildman–Crippen MR) is 98.5 cm³/mol. The summed E-state index contributed by atoms with van der Waals surface area (Å²) >= 11 is 6.66. The van der Waals surface area contributed by atoms with Crippen LogP contribution < -0.4 is 10.6 Å². The highest BCUT2D eigenvalue weighted by molar-refractivity contribution is 7.73. The lowest BCUT2D eigenvalue weighted by molar-refractivity contribution is -0.114. The average Bonchev–Trinajstić information content (AvgIpc) is 3.20. The number of rotatable bonds is 3. The minimum atomic E-state index is -0.317. The summed E-state index contributed by atoms with van der Waals surface area (Å²) < 4.78 is 7.87. The molecule has 1 N–H and O–H groups in total. The highest BCUT2D eigenvalue weighted by atomic mass is 32.1. The molecule has 0 saturated carbocycles. The van der Waals surface area contributed by atoms with Gasteiger partial charge in [0, 0.05) is 17.4 Å². The van der Waals surface area contributed by atoms with Crippen LogP contribution in [0.1, 0.15) is 17.7 Å². The number of amides is 1. The molecule has 0 aliphatic carbocycles. The van der Waals surface area contributed by atoms with Gasteiger partial charge >= 0.3 is 0 Å². The third kappa shape index (κ3) is 3.22. The lowest BCUT2D eigenvalue weighted by atomic mass is 10.1. The van der Waals surface area contributed by atoms with Crippen LogP contribution >= 0.6 is 23.6 Å². The summed E-state index contributed by atoms with van der Waals surface area (Å²) in [7, 11) is 0. The van der Waals surface area contributed by atoms with Gasteiger partial charge in [-0.05, 0) is 43.3 Å². The van der Waals surface area contributed by atoms with Gasteiger partial charge in [-0.25, -0.2) is 4.99 Å². The molecule has 0 radical (unpaired) electrons. The predicted octanol–water partition coefficient (Wildman–Crippen LogP) is 2.19. The van der Waals surface area contributed by atoms with Crippen molar-refractivity contribution in [2.75, 3.05) is 6.61 Å². The second kappa shape index (κ2) is 6.67. The molecule has 0 spiro atoms. The third-order valence-electron chi connectivity index (χ3n) is 4.31. The molecule has 2 aromatic rings. The highest BCUT2D eigenvalue weighted by Crippen LogP contribution is 2.30. The molecule has 25 heavy (non-hydrogen) atoms. The molecular formula is C18H16N2O3S2. The van der Waals surface area contributed by atoms with E-state index in [4.69, 9.17) is 17.0 Å². The monoisotopic (exact) mass is 372 g/mol. The Labute approximate surface area is 153 Å². The molecule has 1 aromatic carbocycles. The molecule has 0 bridgehead atoms. The lowest BCUT2D eigenvalue weighted by Gasteiger charge is -2.11. The van der Waals surface area contributed by atoms with Crippen molar-refractivity contribution >= 4 is 41.6 Å². The van der Waals surface area contributed by atoms with E-state index in [1.807, 2.05) is 18.2 Å². The summed E-state index contributed by atoms with van der Waals surface area (Å²) in [6.45, 7) is 1.29. The summed E-state index contributed by atoms with van der Waals surface area (Å²) in [4.78, 5) is 16.9. The summed E-state index contributed by atoms with van der Waals surface area (Å²) in [5, 5.41) is 12.1. The average molecular weight is 372 g/mol.